The molecule has 1 heterocycles. The molecule has 25 heavy (non-hydrogen) atoms. The number of hydrogen-bond donors (Lipinski definition) is 2. The highest BCUT2D eigenvalue weighted by Gasteiger charge is 2.27. The van der Waals surface area contributed by atoms with E-state index < -0.39 is 6.10 Å². The number of aliphatic hydroxyl groups excluding tert-OH is 1. The van der Waals surface area contributed by atoms with E-state index in [0.29, 0.717) is 12.6 Å². The Kier molecular flexibility index (Phi) is 6.48. The maximum absolute atomic E-state index is 10.8. The number of ether oxygens (including phenoxy) is 1. The Morgan fingerprint density at radius 2 is 1.96 bits per heavy atom. The highest BCUT2D eigenvalue weighted by molar-refractivity contribution is 5.31. The van der Waals surface area contributed by atoms with Crippen molar-refractivity contribution in [3.8, 4) is 5.75 Å². The lowest BCUT2D eigenvalue weighted by molar-refractivity contribution is 0.0995. The van der Waals surface area contributed by atoms with Gasteiger partial charge >= 0.3 is 0 Å². The second kappa shape index (κ2) is 9.02. The highest BCUT2D eigenvalue weighted by Crippen LogP contribution is 2.28. The topological polar surface area (TPSA) is 41.5 Å². The van der Waals surface area contributed by atoms with Gasteiger partial charge in [-0.15, -0.1) is 0 Å². The number of aliphatic hydroxyl groups is 1. The zero-order valence-corrected chi connectivity index (χ0v) is 15.0. The van der Waals surface area contributed by atoms with E-state index >= 15 is 0 Å². The Morgan fingerprint density at radius 3 is 2.76 bits per heavy atom. The Hall–Kier alpha value is -1.84. The van der Waals surface area contributed by atoms with Crippen molar-refractivity contribution in [2.45, 2.75) is 63.8 Å². The van der Waals surface area contributed by atoms with Gasteiger partial charge < -0.3 is 15.2 Å². The quantitative estimate of drug-likeness (QED) is 0.774. The Bertz CT molecular complexity index is 641. The first-order chi connectivity index (χ1) is 12.3. The van der Waals surface area contributed by atoms with Crippen LogP contribution >= 0.6 is 0 Å². The van der Waals surface area contributed by atoms with Gasteiger partial charge in [0.1, 0.15) is 12.4 Å². The summed E-state index contributed by atoms with van der Waals surface area (Å²) in [6.45, 7) is 2.76. The summed E-state index contributed by atoms with van der Waals surface area (Å²) in [5.41, 5.74) is 2.07. The third kappa shape index (κ3) is 5.07. The van der Waals surface area contributed by atoms with E-state index in [1.165, 1.54) is 25.7 Å². The minimum absolute atomic E-state index is 0.134. The number of rotatable bonds is 7. The SMILES string of the molecule is CCC[C@H]1CCC[C@H]([C@H](O)c2cccc(OCc3ccccc3)c2)N1. The van der Waals surface area contributed by atoms with Crippen LogP contribution in [0.2, 0.25) is 0 Å². The predicted molar refractivity (Wildman–Crippen MR) is 102 cm³/mol. The van der Waals surface area contributed by atoms with E-state index in [9.17, 15) is 5.11 Å². The summed E-state index contributed by atoms with van der Waals surface area (Å²) in [5, 5.41) is 14.5. The van der Waals surface area contributed by atoms with Crippen LogP contribution in [0.25, 0.3) is 0 Å². The highest BCUT2D eigenvalue weighted by atomic mass is 16.5. The van der Waals surface area contributed by atoms with Gasteiger partial charge in [-0.05, 0) is 42.5 Å². The summed E-state index contributed by atoms with van der Waals surface area (Å²) in [7, 11) is 0. The first kappa shape index (κ1) is 18.0. The van der Waals surface area contributed by atoms with Crippen LogP contribution in [0.1, 0.15) is 56.3 Å². The molecule has 134 valence electrons. The molecule has 0 bridgehead atoms. The summed E-state index contributed by atoms with van der Waals surface area (Å²) in [5.74, 6) is 0.807. The van der Waals surface area contributed by atoms with Crippen molar-refractivity contribution in [3.05, 3.63) is 65.7 Å². The fraction of sp³-hybridized carbons (Fsp3) is 0.455. The fourth-order valence-corrected chi connectivity index (χ4v) is 3.64. The molecule has 0 amide bonds. The molecular formula is C22H29NO2. The van der Waals surface area contributed by atoms with Crippen LogP contribution in [0.5, 0.6) is 5.75 Å². The van der Waals surface area contributed by atoms with Crippen LogP contribution in [0.15, 0.2) is 54.6 Å². The number of piperidine rings is 1. The molecule has 1 aliphatic heterocycles. The van der Waals surface area contributed by atoms with Gasteiger partial charge in [-0.1, -0.05) is 62.2 Å². The first-order valence-electron chi connectivity index (χ1n) is 9.47. The zero-order valence-electron chi connectivity index (χ0n) is 15.0. The maximum Gasteiger partial charge on any atom is 0.120 e. The Morgan fingerprint density at radius 1 is 1.12 bits per heavy atom. The molecule has 2 aromatic carbocycles. The first-order valence-corrected chi connectivity index (χ1v) is 9.47. The number of benzene rings is 2. The monoisotopic (exact) mass is 339 g/mol. The summed E-state index contributed by atoms with van der Waals surface area (Å²) in [6, 6.07) is 18.7. The molecule has 2 N–H and O–H groups in total. The van der Waals surface area contributed by atoms with Crippen LogP contribution < -0.4 is 10.1 Å². The van der Waals surface area contributed by atoms with Crippen molar-refractivity contribution in [1.29, 1.82) is 0 Å². The molecule has 0 aliphatic carbocycles. The van der Waals surface area contributed by atoms with Crippen molar-refractivity contribution < 1.29 is 9.84 Å². The number of nitrogens with one attached hydrogen (secondary N) is 1. The normalized spacial score (nSPS) is 21.7. The van der Waals surface area contributed by atoms with Crippen molar-refractivity contribution in [2.75, 3.05) is 0 Å². The second-order valence-electron chi connectivity index (χ2n) is 6.98. The van der Waals surface area contributed by atoms with Gasteiger partial charge in [-0.2, -0.15) is 0 Å². The summed E-state index contributed by atoms with van der Waals surface area (Å²) >= 11 is 0. The van der Waals surface area contributed by atoms with E-state index in [-0.39, 0.29) is 6.04 Å². The fourth-order valence-electron chi connectivity index (χ4n) is 3.64. The molecule has 1 aliphatic rings. The molecule has 2 aromatic rings. The van der Waals surface area contributed by atoms with Gasteiger partial charge in [0, 0.05) is 12.1 Å². The van der Waals surface area contributed by atoms with Crippen LogP contribution in [-0.2, 0) is 6.61 Å². The van der Waals surface area contributed by atoms with Crippen molar-refractivity contribution in [3.63, 3.8) is 0 Å². The molecule has 1 fully saturated rings. The predicted octanol–water partition coefficient (Wildman–Crippen LogP) is 4.61. The van der Waals surface area contributed by atoms with Gasteiger partial charge in [-0.3, -0.25) is 0 Å². The molecular weight excluding hydrogens is 310 g/mol. The van der Waals surface area contributed by atoms with Gasteiger partial charge in [0.25, 0.3) is 0 Å². The lowest BCUT2D eigenvalue weighted by Crippen LogP contribution is -2.45. The Balaban J connectivity index is 1.62. The molecule has 3 rings (SSSR count). The minimum atomic E-state index is -0.486. The second-order valence-corrected chi connectivity index (χ2v) is 6.98. The molecule has 3 nitrogen and oxygen atoms in total. The van der Waals surface area contributed by atoms with Crippen LogP contribution in [-0.4, -0.2) is 17.2 Å². The van der Waals surface area contributed by atoms with Crippen molar-refractivity contribution in [2.24, 2.45) is 0 Å². The largest absolute Gasteiger partial charge is 0.489 e. The van der Waals surface area contributed by atoms with Crippen LogP contribution in [0, 0.1) is 0 Å². The Labute approximate surface area is 151 Å². The van der Waals surface area contributed by atoms with Crippen LogP contribution in [0.3, 0.4) is 0 Å². The molecule has 0 saturated carbocycles. The van der Waals surface area contributed by atoms with Gasteiger partial charge in [0.05, 0.1) is 6.10 Å². The minimum Gasteiger partial charge on any atom is -0.489 e. The molecule has 3 atom stereocenters. The average Bonchev–Trinajstić information content (AvgIpc) is 2.67. The van der Waals surface area contributed by atoms with E-state index in [2.05, 4.69) is 24.4 Å². The molecule has 0 radical (unpaired) electrons. The lowest BCUT2D eigenvalue weighted by Gasteiger charge is -2.34. The summed E-state index contributed by atoms with van der Waals surface area (Å²) in [6.07, 6.45) is 5.31. The number of hydrogen-bond acceptors (Lipinski definition) is 3. The molecule has 0 unspecified atom stereocenters. The molecule has 0 aromatic heterocycles. The molecule has 1 saturated heterocycles. The molecule has 3 heteroatoms. The zero-order chi connectivity index (χ0) is 17.5. The lowest BCUT2D eigenvalue weighted by atomic mass is 9.90. The van der Waals surface area contributed by atoms with Crippen molar-refractivity contribution in [1.82, 2.24) is 5.32 Å². The third-order valence-electron chi connectivity index (χ3n) is 4.98. The van der Waals surface area contributed by atoms with E-state index in [0.717, 1.165) is 23.3 Å². The van der Waals surface area contributed by atoms with Gasteiger partial charge in [-0.25, -0.2) is 0 Å². The van der Waals surface area contributed by atoms with E-state index in [1.807, 2.05) is 42.5 Å². The smallest absolute Gasteiger partial charge is 0.120 e. The summed E-state index contributed by atoms with van der Waals surface area (Å²) < 4.78 is 5.90. The molecule has 0 spiro atoms. The maximum atomic E-state index is 10.8. The summed E-state index contributed by atoms with van der Waals surface area (Å²) in [4.78, 5) is 0. The van der Waals surface area contributed by atoms with Crippen molar-refractivity contribution >= 4 is 0 Å². The van der Waals surface area contributed by atoms with Gasteiger partial charge in [0.15, 0.2) is 0 Å². The standard InChI is InChI=1S/C22H29NO2/c1-2-8-19-12-7-14-21(23-19)22(24)18-11-6-13-20(15-18)25-16-17-9-4-3-5-10-17/h3-6,9-11,13,15,19,21-24H,2,7-8,12,14,16H2,1H3/t19-,21+,22+/m0/s1. The van der Waals surface area contributed by atoms with E-state index in [4.69, 9.17) is 4.74 Å². The van der Waals surface area contributed by atoms with Gasteiger partial charge in [0.2, 0.25) is 0 Å². The third-order valence-corrected chi connectivity index (χ3v) is 4.98. The van der Waals surface area contributed by atoms with E-state index in [1.54, 1.807) is 0 Å². The average molecular weight is 339 g/mol. The van der Waals surface area contributed by atoms with Crippen LogP contribution in [0.4, 0.5) is 0 Å².